The predicted octanol–water partition coefficient (Wildman–Crippen LogP) is 1.59. The maximum Gasteiger partial charge on any atom is 0.267 e. The van der Waals surface area contributed by atoms with Gasteiger partial charge in [0, 0.05) is 38.1 Å². The first kappa shape index (κ1) is 19.5. The molecule has 1 saturated heterocycles. The Hall–Kier alpha value is -3.83. The number of hydrogen-bond acceptors (Lipinski definition) is 6. The molecule has 2 aromatic heterocycles. The zero-order chi connectivity index (χ0) is 21.3. The van der Waals surface area contributed by atoms with Gasteiger partial charge in [-0.15, -0.1) is 0 Å². The van der Waals surface area contributed by atoms with Crippen LogP contribution in [-0.4, -0.2) is 56.0 Å². The molecule has 150 valence electrons. The van der Waals surface area contributed by atoms with Gasteiger partial charge in [0.05, 0.1) is 11.2 Å². The van der Waals surface area contributed by atoms with E-state index in [1.54, 1.807) is 19.2 Å². The molecule has 1 atom stereocenters. The third-order valence-corrected chi connectivity index (χ3v) is 4.86. The van der Waals surface area contributed by atoms with E-state index in [-0.39, 0.29) is 18.2 Å². The minimum absolute atomic E-state index is 0.246. The molecule has 1 unspecified atom stereocenters. The van der Waals surface area contributed by atoms with Gasteiger partial charge in [-0.2, -0.15) is 0 Å². The standard InChI is InChI=1S/C22H19N5O3/c1-14(28)25-20-19-18(23-13-24-20)7-6-17(26-19)16-5-3-4-15(12-16)8-9-22(30)10-11-27(2)21(22)29/h3-7,12-13,30H,10-11H2,1-2H3,(H,23,24,25,28). The number of pyridine rings is 1. The van der Waals surface area contributed by atoms with E-state index >= 15 is 0 Å². The maximum atomic E-state index is 12.1. The number of anilines is 1. The van der Waals surface area contributed by atoms with Gasteiger partial charge in [-0.25, -0.2) is 15.0 Å². The van der Waals surface area contributed by atoms with Crippen LogP contribution >= 0.6 is 0 Å². The zero-order valence-electron chi connectivity index (χ0n) is 16.5. The molecule has 1 aliphatic rings. The number of aromatic nitrogens is 3. The Morgan fingerprint density at radius 2 is 2.10 bits per heavy atom. The van der Waals surface area contributed by atoms with E-state index in [0.29, 0.717) is 34.7 Å². The lowest BCUT2D eigenvalue weighted by molar-refractivity contribution is -0.137. The van der Waals surface area contributed by atoms with Gasteiger partial charge in [0.25, 0.3) is 5.91 Å². The van der Waals surface area contributed by atoms with E-state index in [2.05, 4.69) is 32.1 Å². The van der Waals surface area contributed by atoms with Crippen LogP contribution in [0, 0.1) is 11.8 Å². The number of nitrogens with zero attached hydrogens (tertiary/aromatic N) is 4. The molecule has 0 saturated carbocycles. The van der Waals surface area contributed by atoms with E-state index in [1.165, 1.54) is 18.2 Å². The molecule has 4 rings (SSSR count). The number of likely N-dealkylation sites (N-methyl/N-ethyl adjacent to an activating group) is 1. The largest absolute Gasteiger partial charge is 0.369 e. The third kappa shape index (κ3) is 3.71. The summed E-state index contributed by atoms with van der Waals surface area (Å²) in [5.74, 6) is 5.34. The SMILES string of the molecule is CC(=O)Nc1ncnc2ccc(-c3cccc(C#CC4(O)CCN(C)C4=O)c3)nc12. The van der Waals surface area contributed by atoms with Gasteiger partial charge in [-0.3, -0.25) is 9.59 Å². The van der Waals surface area contributed by atoms with E-state index in [9.17, 15) is 14.7 Å². The van der Waals surface area contributed by atoms with Crippen molar-refractivity contribution in [1.29, 1.82) is 0 Å². The Balaban J connectivity index is 1.69. The zero-order valence-corrected chi connectivity index (χ0v) is 16.5. The molecule has 1 aromatic carbocycles. The molecular weight excluding hydrogens is 382 g/mol. The van der Waals surface area contributed by atoms with Crippen LogP contribution in [0.1, 0.15) is 18.9 Å². The lowest BCUT2D eigenvalue weighted by Gasteiger charge is -2.13. The van der Waals surface area contributed by atoms with Crippen molar-refractivity contribution in [2.45, 2.75) is 18.9 Å². The van der Waals surface area contributed by atoms with E-state index in [1.807, 2.05) is 24.3 Å². The molecule has 30 heavy (non-hydrogen) atoms. The molecule has 2 N–H and O–H groups in total. The minimum Gasteiger partial charge on any atom is -0.369 e. The normalized spacial score (nSPS) is 18.2. The Bertz CT molecular complexity index is 1230. The first-order chi connectivity index (χ1) is 14.4. The molecule has 0 spiro atoms. The maximum absolute atomic E-state index is 12.1. The number of hydrogen-bond donors (Lipinski definition) is 2. The first-order valence-corrected chi connectivity index (χ1v) is 9.37. The predicted molar refractivity (Wildman–Crippen MR) is 111 cm³/mol. The van der Waals surface area contributed by atoms with Crippen molar-refractivity contribution in [1.82, 2.24) is 19.9 Å². The van der Waals surface area contributed by atoms with E-state index in [0.717, 1.165) is 5.56 Å². The molecule has 3 aromatic rings. The highest BCUT2D eigenvalue weighted by Crippen LogP contribution is 2.25. The van der Waals surface area contributed by atoms with Crippen LogP contribution in [0.3, 0.4) is 0 Å². The lowest BCUT2D eigenvalue weighted by Crippen LogP contribution is -2.37. The molecule has 1 aliphatic heterocycles. The van der Waals surface area contributed by atoms with Crippen LogP contribution in [0.4, 0.5) is 5.82 Å². The summed E-state index contributed by atoms with van der Waals surface area (Å²) < 4.78 is 0. The summed E-state index contributed by atoms with van der Waals surface area (Å²) in [7, 11) is 1.65. The van der Waals surface area contributed by atoms with Crippen molar-refractivity contribution in [2.75, 3.05) is 18.9 Å². The van der Waals surface area contributed by atoms with Crippen LogP contribution < -0.4 is 5.32 Å². The van der Waals surface area contributed by atoms with E-state index in [4.69, 9.17) is 0 Å². The van der Waals surface area contributed by atoms with Gasteiger partial charge >= 0.3 is 0 Å². The van der Waals surface area contributed by atoms with Crippen LogP contribution in [0.25, 0.3) is 22.3 Å². The molecular formula is C22H19N5O3. The number of aliphatic hydroxyl groups is 1. The number of amides is 2. The Morgan fingerprint density at radius 1 is 1.27 bits per heavy atom. The molecule has 0 bridgehead atoms. The monoisotopic (exact) mass is 401 g/mol. The summed E-state index contributed by atoms with van der Waals surface area (Å²) in [6, 6.07) is 11.0. The molecule has 0 aliphatic carbocycles. The average molecular weight is 401 g/mol. The number of fused-ring (bicyclic) bond motifs is 1. The number of carbonyl (C=O) groups is 2. The van der Waals surface area contributed by atoms with E-state index < -0.39 is 5.60 Å². The van der Waals surface area contributed by atoms with Crippen LogP contribution in [0.5, 0.6) is 0 Å². The summed E-state index contributed by atoms with van der Waals surface area (Å²) in [6.07, 6.45) is 1.66. The number of benzene rings is 1. The summed E-state index contributed by atoms with van der Waals surface area (Å²) in [6.45, 7) is 1.88. The average Bonchev–Trinajstić information content (AvgIpc) is 3.00. The summed E-state index contributed by atoms with van der Waals surface area (Å²) in [5, 5.41) is 13.1. The summed E-state index contributed by atoms with van der Waals surface area (Å²) in [4.78, 5) is 37.9. The van der Waals surface area contributed by atoms with Gasteiger partial charge in [0.15, 0.2) is 5.82 Å². The van der Waals surface area contributed by atoms with Gasteiger partial charge in [-0.1, -0.05) is 24.0 Å². The number of carbonyl (C=O) groups excluding carboxylic acids is 2. The minimum atomic E-state index is -1.64. The fourth-order valence-electron chi connectivity index (χ4n) is 3.26. The highest BCUT2D eigenvalue weighted by Gasteiger charge is 2.42. The molecule has 8 nitrogen and oxygen atoms in total. The van der Waals surface area contributed by atoms with Crippen LogP contribution in [0.2, 0.25) is 0 Å². The number of nitrogens with one attached hydrogen (secondary N) is 1. The number of rotatable bonds is 2. The quantitative estimate of drug-likeness (QED) is 0.632. The molecule has 8 heteroatoms. The molecule has 3 heterocycles. The van der Waals surface area contributed by atoms with Gasteiger partial charge in [0.1, 0.15) is 11.8 Å². The van der Waals surface area contributed by atoms with Gasteiger partial charge in [-0.05, 0) is 24.3 Å². The smallest absolute Gasteiger partial charge is 0.267 e. The molecule has 1 fully saturated rings. The Labute approximate surface area is 173 Å². The topological polar surface area (TPSA) is 108 Å². The highest BCUT2D eigenvalue weighted by molar-refractivity contribution is 5.96. The van der Waals surface area contributed by atoms with Crippen molar-refractivity contribution in [2.24, 2.45) is 0 Å². The summed E-state index contributed by atoms with van der Waals surface area (Å²) in [5.41, 5.74) is 1.55. The molecule has 2 amide bonds. The second-order valence-electron chi connectivity index (χ2n) is 7.14. The summed E-state index contributed by atoms with van der Waals surface area (Å²) >= 11 is 0. The van der Waals surface area contributed by atoms with Crippen molar-refractivity contribution in [3.05, 3.63) is 48.3 Å². The first-order valence-electron chi connectivity index (χ1n) is 9.37. The van der Waals surface area contributed by atoms with Gasteiger partial charge < -0.3 is 15.3 Å². The Kier molecular flexibility index (Phi) is 4.90. The van der Waals surface area contributed by atoms with Crippen molar-refractivity contribution in [3.63, 3.8) is 0 Å². The van der Waals surface area contributed by atoms with Crippen molar-refractivity contribution < 1.29 is 14.7 Å². The van der Waals surface area contributed by atoms with Crippen molar-refractivity contribution in [3.8, 4) is 23.1 Å². The Morgan fingerprint density at radius 3 is 2.83 bits per heavy atom. The fraction of sp³-hybridized carbons (Fsp3) is 0.227. The highest BCUT2D eigenvalue weighted by atomic mass is 16.3. The second kappa shape index (κ2) is 7.54. The van der Waals surface area contributed by atoms with Crippen LogP contribution in [0.15, 0.2) is 42.7 Å². The second-order valence-corrected chi connectivity index (χ2v) is 7.14. The molecule has 0 radical (unpaired) electrons. The third-order valence-electron chi connectivity index (χ3n) is 4.86. The van der Waals surface area contributed by atoms with Crippen molar-refractivity contribution >= 4 is 28.7 Å². The van der Waals surface area contributed by atoms with Crippen LogP contribution in [-0.2, 0) is 9.59 Å². The van der Waals surface area contributed by atoms with Gasteiger partial charge in [0.2, 0.25) is 11.5 Å². The number of likely N-dealkylation sites (tertiary alicyclic amines) is 1. The fourth-order valence-corrected chi connectivity index (χ4v) is 3.26. The lowest BCUT2D eigenvalue weighted by atomic mass is 10.0.